The second kappa shape index (κ2) is 3.52. The van der Waals surface area contributed by atoms with E-state index in [0.717, 1.165) is 12.1 Å². The Bertz CT molecular complexity index is 342. The minimum Gasteiger partial charge on any atom is -0.482 e. The van der Waals surface area contributed by atoms with Gasteiger partial charge in [0, 0.05) is 0 Å². The second-order valence-electron chi connectivity index (χ2n) is 3.89. The lowest BCUT2D eigenvalue weighted by molar-refractivity contribution is 0.116. The molecule has 0 aliphatic rings. The molecule has 1 aromatic carbocycles. The van der Waals surface area contributed by atoms with Gasteiger partial charge >= 0.3 is 0 Å². The van der Waals surface area contributed by atoms with E-state index in [1.165, 1.54) is 0 Å². The third-order valence-electron chi connectivity index (χ3n) is 1.41. The van der Waals surface area contributed by atoms with Gasteiger partial charge in [0.1, 0.15) is 5.60 Å². The normalized spacial score (nSPS) is 11.6. The summed E-state index contributed by atoms with van der Waals surface area (Å²) in [7, 11) is 0. The zero-order chi connectivity index (χ0) is 10.9. The fourth-order valence-electron chi connectivity index (χ4n) is 0.908. The molecule has 78 valence electrons. The molecule has 0 fully saturated rings. The highest BCUT2D eigenvalue weighted by Crippen LogP contribution is 2.27. The van der Waals surface area contributed by atoms with Crippen LogP contribution in [0.25, 0.3) is 0 Å². The number of ether oxygens (including phenoxy) is 1. The highest BCUT2D eigenvalue weighted by Gasteiger charge is 2.21. The quantitative estimate of drug-likeness (QED) is 0.638. The maximum Gasteiger partial charge on any atom is 0.203 e. The molecule has 0 amide bonds. The molecule has 4 heteroatoms. The van der Waals surface area contributed by atoms with Crippen molar-refractivity contribution in [3.63, 3.8) is 0 Å². The summed E-state index contributed by atoms with van der Waals surface area (Å²) in [6, 6.07) is 1.56. The van der Waals surface area contributed by atoms with Gasteiger partial charge in [-0.15, -0.1) is 0 Å². The molecular formula is C10H11F3O. The van der Waals surface area contributed by atoms with Crippen LogP contribution in [0.2, 0.25) is 0 Å². The molecular weight excluding hydrogens is 193 g/mol. The van der Waals surface area contributed by atoms with Crippen LogP contribution in [-0.4, -0.2) is 5.60 Å². The van der Waals surface area contributed by atoms with E-state index in [9.17, 15) is 13.2 Å². The van der Waals surface area contributed by atoms with Gasteiger partial charge in [-0.2, -0.15) is 4.39 Å². The van der Waals surface area contributed by atoms with Crippen LogP contribution in [0.15, 0.2) is 12.1 Å². The molecule has 0 saturated carbocycles. The average Bonchev–Trinajstić information content (AvgIpc) is 2.04. The van der Waals surface area contributed by atoms with Crippen LogP contribution >= 0.6 is 0 Å². The summed E-state index contributed by atoms with van der Waals surface area (Å²) in [5, 5.41) is 0. The molecule has 1 rings (SSSR count). The van der Waals surface area contributed by atoms with Crippen LogP contribution in [0, 0.1) is 17.5 Å². The fourth-order valence-corrected chi connectivity index (χ4v) is 0.908. The number of hydrogen-bond acceptors (Lipinski definition) is 1. The van der Waals surface area contributed by atoms with Crippen LogP contribution in [0.5, 0.6) is 5.75 Å². The minimum atomic E-state index is -1.29. The number of hydrogen-bond donors (Lipinski definition) is 0. The first-order chi connectivity index (χ1) is 6.31. The Hall–Kier alpha value is -1.19. The molecule has 0 aromatic heterocycles. The van der Waals surface area contributed by atoms with Crippen LogP contribution in [0.3, 0.4) is 0 Å². The van der Waals surface area contributed by atoms with Gasteiger partial charge in [-0.3, -0.25) is 0 Å². The van der Waals surface area contributed by atoms with Gasteiger partial charge in [0.2, 0.25) is 5.82 Å². The number of rotatable bonds is 1. The topological polar surface area (TPSA) is 9.23 Å². The monoisotopic (exact) mass is 204 g/mol. The van der Waals surface area contributed by atoms with E-state index in [-0.39, 0.29) is 0 Å². The van der Waals surface area contributed by atoms with Gasteiger partial charge in [0.05, 0.1) is 0 Å². The molecule has 0 atom stereocenters. The first-order valence-electron chi connectivity index (χ1n) is 4.14. The van der Waals surface area contributed by atoms with Crippen molar-refractivity contribution in [2.24, 2.45) is 0 Å². The Kier molecular flexibility index (Phi) is 2.73. The van der Waals surface area contributed by atoms with Crippen molar-refractivity contribution in [3.05, 3.63) is 29.6 Å². The predicted molar refractivity (Wildman–Crippen MR) is 46.7 cm³/mol. The maximum atomic E-state index is 13.1. The second-order valence-corrected chi connectivity index (χ2v) is 3.89. The van der Waals surface area contributed by atoms with Gasteiger partial charge < -0.3 is 4.74 Å². The lowest BCUT2D eigenvalue weighted by Gasteiger charge is -2.21. The summed E-state index contributed by atoms with van der Waals surface area (Å²) >= 11 is 0. The van der Waals surface area contributed by atoms with Crippen LogP contribution < -0.4 is 4.74 Å². The first kappa shape index (κ1) is 10.9. The van der Waals surface area contributed by atoms with Gasteiger partial charge in [0.15, 0.2) is 17.4 Å². The SMILES string of the molecule is CC(C)(C)Oc1c(F)ccc(F)c1F. The molecule has 0 saturated heterocycles. The minimum absolute atomic E-state index is 0.669. The summed E-state index contributed by atoms with van der Waals surface area (Å²) < 4.78 is 43.7. The van der Waals surface area contributed by atoms with E-state index < -0.39 is 28.8 Å². The Morgan fingerprint density at radius 2 is 1.50 bits per heavy atom. The summed E-state index contributed by atoms with van der Waals surface area (Å²) in [6.07, 6.45) is 0. The zero-order valence-corrected chi connectivity index (χ0v) is 8.20. The van der Waals surface area contributed by atoms with Gasteiger partial charge in [-0.25, -0.2) is 8.78 Å². The summed E-state index contributed by atoms with van der Waals surface area (Å²) in [6.45, 7) is 4.87. The number of halogens is 3. The Morgan fingerprint density at radius 1 is 1.00 bits per heavy atom. The van der Waals surface area contributed by atoms with E-state index in [4.69, 9.17) is 4.74 Å². The fraction of sp³-hybridized carbons (Fsp3) is 0.400. The lowest BCUT2D eigenvalue weighted by Crippen LogP contribution is -2.24. The van der Waals surface area contributed by atoms with Gasteiger partial charge in [-0.05, 0) is 32.9 Å². The molecule has 0 aliphatic carbocycles. The molecule has 0 aliphatic heterocycles. The van der Waals surface area contributed by atoms with Crippen molar-refractivity contribution in [2.45, 2.75) is 26.4 Å². The third kappa shape index (κ3) is 2.40. The lowest BCUT2D eigenvalue weighted by atomic mass is 10.2. The average molecular weight is 204 g/mol. The molecule has 1 aromatic rings. The molecule has 0 N–H and O–H groups in total. The highest BCUT2D eigenvalue weighted by atomic mass is 19.2. The van der Waals surface area contributed by atoms with E-state index in [1.807, 2.05) is 0 Å². The standard InChI is InChI=1S/C10H11F3O/c1-10(2,3)14-9-7(12)5-4-6(11)8(9)13/h4-5H,1-3H3. The van der Waals surface area contributed by atoms with E-state index >= 15 is 0 Å². The molecule has 0 radical (unpaired) electrons. The van der Waals surface area contributed by atoms with E-state index in [2.05, 4.69) is 0 Å². The van der Waals surface area contributed by atoms with E-state index in [0.29, 0.717) is 0 Å². The maximum absolute atomic E-state index is 13.1. The van der Waals surface area contributed by atoms with E-state index in [1.54, 1.807) is 20.8 Å². The molecule has 1 nitrogen and oxygen atoms in total. The smallest absolute Gasteiger partial charge is 0.203 e. The molecule has 0 spiro atoms. The Labute approximate surface area is 80.5 Å². The summed E-state index contributed by atoms with van der Waals surface area (Å²) in [5.41, 5.74) is -0.768. The Morgan fingerprint density at radius 3 is 2.00 bits per heavy atom. The molecule has 14 heavy (non-hydrogen) atoms. The Balaban J connectivity index is 3.13. The van der Waals surface area contributed by atoms with Crippen molar-refractivity contribution < 1.29 is 17.9 Å². The molecule has 0 bridgehead atoms. The van der Waals surface area contributed by atoms with Crippen LogP contribution in [0.4, 0.5) is 13.2 Å². The van der Waals surface area contributed by atoms with Crippen LogP contribution in [0.1, 0.15) is 20.8 Å². The third-order valence-corrected chi connectivity index (χ3v) is 1.41. The zero-order valence-electron chi connectivity index (χ0n) is 8.20. The van der Waals surface area contributed by atoms with Gasteiger partial charge in [0.25, 0.3) is 0 Å². The first-order valence-corrected chi connectivity index (χ1v) is 4.14. The van der Waals surface area contributed by atoms with Crippen molar-refractivity contribution in [1.82, 2.24) is 0 Å². The van der Waals surface area contributed by atoms with Crippen molar-refractivity contribution in [1.29, 1.82) is 0 Å². The van der Waals surface area contributed by atoms with Gasteiger partial charge in [-0.1, -0.05) is 0 Å². The molecule has 0 heterocycles. The van der Waals surface area contributed by atoms with Crippen LogP contribution in [-0.2, 0) is 0 Å². The number of benzene rings is 1. The summed E-state index contributed by atoms with van der Waals surface area (Å²) in [5.74, 6) is -3.98. The van der Waals surface area contributed by atoms with Crippen molar-refractivity contribution in [2.75, 3.05) is 0 Å². The largest absolute Gasteiger partial charge is 0.482 e. The molecule has 0 unspecified atom stereocenters. The van der Waals surface area contributed by atoms with Crippen molar-refractivity contribution >= 4 is 0 Å². The highest BCUT2D eigenvalue weighted by molar-refractivity contribution is 5.27. The van der Waals surface area contributed by atoms with Crippen molar-refractivity contribution in [3.8, 4) is 5.75 Å². The summed E-state index contributed by atoms with van der Waals surface area (Å²) in [4.78, 5) is 0. The predicted octanol–water partition coefficient (Wildman–Crippen LogP) is 3.28.